The molecule has 0 bridgehead atoms. The molecule has 0 saturated heterocycles. The summed E-state index contributed by atoms with van der Waals surface area (Å²) in [6.45, 7) is -2.41. The maximum absolute atomic E-state index is 9.64. The van der Waals surface area contributed by atoms with Crippen molar-refractivity contribution in [2.75, 3.05) is 26.4 Å². The number of aliphatic hydroxyl groups is 6. The van der Waals surface area contributed by atoms with Crippen molar-refractivity contribution in [1.29, 1.82) is 0 Å². The van der Waals surface area contributed by atoms with Gasteiger partial charge in [-0.1, -0.05) is 0 Å². The van der Waals surface area contributed by atoms with E-state index in [0.717, 1.165) is 0 Å². The third-order valence-corrected chi connectivity index (χ3v) is 3.36. The fourth-order valence-electron chi connectivity index (χ4n) is 2.14. The molecule has 0 unspecified atom stereocenters. The minimum atomic E-state index is -1.44. The van der Waals surface area contributed by atoms with Crippen molar-refractivity contribution in [1.82, 2.24) is 0 Å². The van der Waals surface area contributed by atoms with E-state index >= 15 is 0 Å². The Morgan fingerprint density at radius 1 is 0.643 bits per heavy atom. The molecule has 84 valence electrons. The second kappa shape index (κ2) is 3.73. The Hall–Kier alpha value is -0.240. The van der Waals surface area contributed by atoms with Crippen LogP contribution in [-0.2, 0) is 0 Å². The van der Waals surface area contributed by atoms with Crippen LogP contribution in [0.25, 0.3) is 0 Å². The molecule has 1 saturated carbocycles. The summed E-state index contributed by atoms with van der Waals surface area (Å²) in [4.78, 5) is 0. The van der Waals surface area contributed by atoms with Crippen molar-refractivity contribution in [2.24, 2.45) is 10.8 Å². The molecule has 1 fully saturated rings. The van der Waals surface area contributed by atoms with Gasteiger partial charge in [-0.25, -0.2) is 0 Å². The summed E-state index contributed by atoms with van der Waals surface area (Å²) >= 11 is 0. The van der Waals surface area contributed by atoms with Gasteiger partial charge in [0.15, 0.2) is 0 Å². The second-order valence-electron chi connectivity index (χ2n) is 3.90. The number of rotatable bonds is 4. The fourth-order valence-corrected chi connectivity index (χ4v) is 2.14. The van der Waals surface area contributed by atoms with E-state index in [1.54, 1.807) is 0 Å². The van der Waals surface area contributed by atoms with Crippen LogP contribution in [0.5, 0.6) is 0 Å². The van der Waals surface area contributed by atoms with Crippen LogP contribution in [0.1, 0.15) is 0 Å². The van der Waals surface area contributed by atoms with Crippen LogP contribution in [0.2, 0.25) is 0 Å². The molecular weight excluding hydrogens is 192 g/mol. The average molecular weight is 208 g/mol. The van der Waals surface area contributed by atoms with Crippen molar-refractivity contribution < 1.29 is 30.6 Å². The summed E-state index contributed by atoms with van der Waals surface area (Å²) in [7, 11) is 0. The van der Waals surface area contributed by atoms with Gasteiger partial charge >= 0.3 is 0 Å². The monoisotopic (exact) mass is 208 g/mol. The smallest absolute Gasteiger partial charge is 0.0791 e. The first-order valence-corrected chi connectivity index (χ1v) is 4.35. The first-order chi connectivity index (χ1) is 6.55. The Balaban J connectivity index is 2.92. The molecule has 0 heterocycles. The number of aliphatic hydroxyl groups excluding tert-OH is 6. The molecule has 0 aromatic carbocycles. The molecule has 1 aliphatic carbocycles. The highest BCUT2D eigenvalue weighted by atomic mass is 16.3. The predicted molar refractivity (Wildman–Crippen MR) is 45.2 cm³/mol. The number of hydrogen-bond acceptors (Lipinski definition) is 6. The highest BCUT2D eigenvalue weighted by Gasteiger charge is 2.69. The lowest BCUT2D eigenvalue weighted by atomic mass is 9.49. The van der Waals surface area contributed by atoms with Crippen LogP contribution < -0.4 is 0 Å². The minimum Gasteiger partial charge on any atom is -0.395 e. The zero-order valence-electron chi connectivity index (χ0n) is 7.67. The first-order valence-electron chi connectivity index (χ1n) is 4.35. The van der Waals surface area contributed by atoms with Gasteiger partial charge in [0, 0.05) is 0 Å². The molecule has 0 radical (unpaired) electrons. The van der Waals surface area contributed by atoms with Gasteiger partial charge in [-0.15, -0.1) is 0 Å². The lowest BCUT2D eigenvalue weighted by Crippen LogP contribution is -2.77. The molecule has 0 aromatic rings. The topological polar surface area (TPSA) is 121 Å². The van der Waals surface area contributed by atoms with Crippen molar-refractivity contribution >= 4 is 0 Å². The van der Waals surface area contributed by atoms with E-state index in [4.69, 9.17) is 20.4 Å². The fraction of sp³-hybridized carbons (Fsp3) is 1.00. The largest absolute Gasteiger partial charge is 0.395 e. The third-order valence-electron chi connectivity index (χ3n) is 3.36. The minimum absolute atomic E-state index is 0.604. The molecule has 1 aliphatic rings. The summed E-state index contributed by atoms with van der Waals surface area (Å²) in [5.41, 5.74) is -2.88. The third kappa shape index (κ3) is 1.06. The van der Waals surface area contributed by atoms with E-state index < -0.39 is 49.5 Å². The van der Waals surface area contributed by atoms with E-state index in [1.165, 1.54) is 0 Å². The molecule has 14 heavy (non-hydrogen) atoms. The SMILES string of the molecule is OCC1(CO)C(O)C(CO)(CO)C1O. The van der Waals surface area contributed by atoms with Gasteiger partial charge in [0.25, 0.3) is 0 Å². The summed E-state index contributed by atoms with van der Waals surface area (Å²) in [6, 6.07) is 0. The summed E-state index contributed by atoms with van der Waals surface area (Å²) in [5.74, 6) is 0. The predicted octanol–water partition coefficient (Wildman–Crippen LogP) is -3.34. The van der Waals surface area contributed by atoms with Crippen LogP contribution in [0, 0.1) is 10.8 Å². The highest BCUT2D eigenvalue weighted by Crippen LogP contribution is 2.53. The summed E-state index contributed by atoms with van der Waals surface area (Å²) in [5, 5.41) is 55.1. The van der Waals surface area contributed by atoms with Crippen molar-refractivity contribution in [2.45, 2.75) is 12.2 Å². The summed E-state index contributed by atoms with van der Waals surface area (Å²) < 4.78 is 0. The number of hydrogen-bond donors (Lipinski definition) is 6. The lowest BCUT2D eigenvalue weighted by Gasteiger charge is -2.61. The first kappa shape index (κ1) is 11.8. The standard InChI is InChI=1S/C8H16O6/c9-1-7(2-10)5(13)8(3-11,4-12)6(7)14/h5-6,9-14H,1-4H2. The summed E-state index contributed by atoms with van der Waals surface area (Å²) in [6.07, 6.45) is -2.65. The van der Waals surface area contributed by atoms with E-state index in [-0.39, 0.29) is 0 Å². The van der Waals surface area contributed by atoms with Gasteiger partial charge in [-0.05, 0) is 0 Å². The Kier molecular flexibility index (Phi) is 3.15. The molecule has 6 N–H and O–H groups in total. The van der Waals surface area contributed by atoms with E-state index in [1.807, 2.05) is 0 Å². The van der Waals surface area contributed by atoms with Gasteiger partial charge in [-0.3, -0.25) is 0 Å². The van der Waals surface area contributed by atoms with E-state index in [0.29, 0.717) is 0 Å². The normalized spacial score (nSPS) is 33.9. The molecule has 0 aliphatic heterocycles. The Bertz CT molecular complexity index is 164. The van der Waals surface area contributed by atoms with Crippen LogP contribution in [-0.4, -0.2) is 69.3 Å². The average Bonchev–Trinajstić information content (AvgIpc) is 2.23. The molecule has 0 spiro atoms. The van der Waals surface area contributed by atoms with Crippen LogP contribution in [0.15, 0.2) is 0 Å². The van der Waals surface area contributed by atoms with Gasteiger partial charge in [-0.2, -0.15) is 0 Å². The Morgan fingerprint density at radius 2 is 0.857 bits per heavy atom. The molecule has 0 aromatic heterocycles. The molecular formula is C8H16O6. The van der Waals surface area contributed by atoms with Crippen molar-refractivity contribution in [3.63, 3.8) is 0 Å². The zero-order chi connectivity index (χ0) is 11.0. The Morgan fingerprint density at radius 3 is 1.00 bits per heavy atom. The highest BCUT2D eigenvalue weighted by molar-refractivity contribution is 5.17. The van der Waals surface area contributed by atoms with Crippen molar-refractivity contribution in [3.05, 3.63) is 0 Å². The maximum atomic E-state index is 9.64. The molecule has 6 nitrogen and oxygen atoms in total. The maximum Gasteiger partial charge on any atom is 0.0791 e. The van der Waals surface area contributed by atoms with Gasteiger partial charge in [0.05, 0.1) is 49.5 Å². The zero-order valence-corrected chi connectivity index (χ0v) is 7.67. The van der Waals surface area contributed by atoms with E-state index in [9.17, 15) is 10.2 Å². The van der Waals surface area contributed by atoms with Gasteiger partial charge in [0.1, 0.15) is 0 Å². The quantitative estimate of drug-likeness (QED) is 0.287. The molecule has 6 heteroatoms. The van der Waals surface area contributed by atoms with Crippen LogP contribution in [0.3, 0.4) is 0 Å². The molecule has 1 rings (SSSR count). The van der Waals surface area contributed by atoms with Crippen LogP contribution in [0.4, 0.5) is 0 Å². The van der Waals surface area contributed by atoms with Crippen molar-refractivity contribution in [3.8, 4) is 0 Å². The van der Waals surface area contributed by atoms with Gasteiger partial charge in [0.2, 0.25) is 0 Å². The van der Waals surface area contributed by atoms with Gasteiger partial charge < -0.3 is 30.6 Å². The molecule has 0 amide bonds. The van der Waals surface area contributed by atoms with E-state index in [2.05, 4.69) is 0 Å². The lowest BCUT2D eigenvalue weighted by molar-refractivity contribution is -0.316. The second-order valence-corrected chi connectivity index (χ2v) is 3.90. The molecule has 0 atom stereocenters. The van der Waals surface area contributed by atoms with Crippen LogP contribution >= 0.6 is 0 Å². The Labute approximate surface area is 81.1 Å².